The summed E-state index contributed by atoms with van der Waals surface area (Å²) in [4.78, 5) is 0. The summed E-state index contributed by atoms with van der Waals surface area (Å²) in [6.45, 7) is 31.3. The first-order valence-corrected chi connectivity index (χ1v) is 27.4. The smallest absolute Gasteiger partial charge is 0.414 e. The lowest BCUT2D eigenvalue weighted by Crippen LogP contribution is -2.62. The quantitative estimate of drug-likeness (QED) is 0.0636. The van der Waals surface area contributed by atoms with Gasteiger partial charge in [0, 0.05) is 0 Å². The zero-order valence-electron chi connectivity index (χ0n) is 34.6. The highest BCUT2D eigenvalue weighted by molar-refractivity contribution is 6.74. The van der Waals surface area contributed by atoms with Crippen molar-refractivity contribution in [3.63, 3.8) is 0 Å². The van der Waals surface area contributed by atoms with Crippen LogP contribution in [0.5, 0.6) is 0 Å². The molecule has 3 nitrogen and oxygen atoms in total. The van der Waals surface area contributed by atoms with Crippen molar-refractivity contribution >= 4 is 25.0 Å². The number of halogens is 6. The molecule has 0 aliphatic heterocycles. The Balaban J connectivity index is 3.06. The van der Waals surface area contributed by atoms with Crippen LogP contribution in [-0.2, 0) is 13.3 Å². The molecular weight excluding hydrogens is 715 g/mol. The lowest BCUT2D eigenvalue weighted by Gasteiger charge is -2.45. The van der Waals surface area contributed by atoms with E-state index < -0.39 is 48.3 Å². The zero-order chi connectivity index (χ0) is 40.0. The van der Waals surface area contributed by atoms with Crippen LogP contribution in [0.25, 0.3) is 0 Å². The lowest BCUT2D eigenvalue weighted by atomic mass is 9.83. The predicted molar refractivity (Wildman–Crippen MR) is 210 cm³/mol. The maximum absolute atomic E-state index is 14.3. The van der Waals surface area contributed by atoms with E-state index in [1.54, 1.807) is 20.8 Å². The molecule has 12 heteroatoms. The summed E-state index contributed by atoms with van der Waals surface area (Å²) < 4.78 is 105. The van der Waals surface area contributed by atoms with Crippen LogP contribution in [-0.4, -0.2) is 55.1 Å². The molecule has 1 fully saturated rings. The van der Waals surface area contributed by atoms with Crippen molar-refractivity contribution in [2.24, 2.45) is 5.41 Å². The number of hydrogen-bond donors (Lipinski definition) is 0. The van der Waals surface area contributed by atoms with Gasteiger partial charge in [0.2, 0.25) is 0 Å². The Morgan fingerprint density at radius 2 is 1.12 bits per heavy atom. The van der Waals surface area contributed by atoms with E-state index in [2.05, 4.69) is 86.0 Å². The van der Waals surface area contributed by atoms with Crippen molar-refractivity contribution < 1.29 is 39.6 Å². The van der Waals surface area contributed by atoms with Gasteiger partial charge in [0.15, 0.2) is 25.0 Å². The van der Waals surface area contributed by atoms with Gasteiger partial charge in [-0.2, -0.15) is 26.3 Å². The molecule has 0 spiro atoms. The fourth-order valence-electron chi connectivity index (χ4n) is 6.08. The molecule has 1 aliphatic carbocycles. The summed E-state index contributed by atoms with van der Waals surface area (Å²) >= 11 is 0. The maximum atomic E-state index is 14.3. The van der Waals surface area contributed by atoms with Crippen molar-refractivity contribution in [2.75, 3.05) is 0 Å². The fourth-order valence-corrected chi connectivity index (χ4v) is 11.7. The second kappa shape index (κ2) is 17.9. The number of alkyl halides is 6. The van der Waals surface area contributed by atoms with Crippen LogP contribution in [0.15, 0.2) is 36.0 Å². The van der Waals surface area contributed by atoms with Gasteiger partial charge in [-0.15, -0.1) is 0 Å². The molecule has 2 atom stereocenters. The highest BCUT2D eigenvalue weighted by atomic mass is 28.4. The second-order valence-electron chi connectivity index (χ2n) is 18.6. The average molecular weight is 787 g/mol. The molecule has 300 valence electrons. The summed E-state index contributed by atoms with van der Waals surface area (Å²) in [5.41, 5.74) is -3.49. The van der Waals surface area contributed by atoms with Crippen LogP contribution >= 0.6 is 0 Å². The first kappa shape index (κ1) is 48.4. The summed E-state index contributed by atoms with van der Waals surface area (Å²) in [7, 11) is -7.23. The summed E-state index contributed by atoms with van der Waals surface area (Å²) in [5, 5.41) is 0.210. The third-order valence-electron chi connectivity index (χ3n) is 11.9. The molecule has 0 amide bonds. The minimum atomic E-state index is -5.63. The molecular formula is C39H72F6O3Si3. The molecule has 1 rings (SSSR count). The Bertz CT molecular complexity index is 1110. The molecule has 51 heavy (non-hydrogen) atoms. The average Bonchev–Trinajstić information content (AvgIpc) is 2.94. The van der Waals surface area contributed by atoms with Crippen LogP contribution in [0.2, 0.25) is 54.4 Å². The van der Waals surface area contributed by atoms with Gasteiger partial charge >= 0.3 is 12.4 Å². The Morgan fingerprint density at radius 3 is 1.49 bits per heavy atom. The van der Waals surface area contributed by atoms with Gasteiger partial charge in [-0.1, -0.05) is 106 Å². The minimum absolute atomic E-state index is 0.0716. The van der Waals surface area contributed by atoms with Gasteiger partial charge in [0.25, 0.3) is 5.60 Å². The van der Waals surface area contributed by atoms with Crippen LogP contribution in [0.3, 0.4) is 0 Å². The predicted octanol–water partition coefficient (Wildman–Crippen LogP) is 14.5. The van der Waals surface area contributed by atoms with E-state index in [4.69, 9.17) is 13.3 Å². The van der Waals surface area contributed by atoms with Gasteiger partial charge < -0.3 is 13.3 Å². The third kappa shape index (κ3) is 13.5. The standard InChI is InChI=1S/C39H72F6O3Si3/c1-16-51(17-2,18-3)48-37(38(40,41)42,39(43,44)45)27-23-26-36(10,11)25-22-20-19-21-24-31-28-32(46-49(12,13)34(4,5)6)30-33(29-31)47-50(14,15)35(7,8)9/h19,21,23-24,27,32-33H,16-18,20,22,25-26,28-30H2,1-15H3/b21-19+,27-23-/t32-,33-/m1/s1. The van der Waals surface area contributed by atoms with Crippen LogP contribution in [0.4, 0.5) is 26.3 Å². The Morgan fingerprint density at radius 1 is 0.686 bits per heavy atom. The largest absolute Gasteiger partial charge is 0.429 e. The Labute approximate surface area is 310 Å². The monoisotopic (exact) mass is 786 g/mol. The molecule has 0 aromatic carbocycles. The highest BCUT2D eigenvalue weighted by Crippen LogP contribution is 2.50. The van der Waals surface area contributed by atoms with Gasteiger partial charge in [0.1, 0.15) is 0 Å². The van der Waals surface area contributed by atoms with Gasteiger partial charge in [0.05, 0.1) is 12.2 Å². The summed E-state index contributed by atoms with van der Waals surface area (Å²) in [5.74, 6) is 0. The Hall–Kier alpha value is -0.669. The van der Waals surface area contributed by atoms with Crippen molar-refractivity contribution in [2.45, 2.75) is 206 Å². The molecule has 1 saturated carbocycles. The zero-order valence-corrected chi connectivity index (χ0v) is 37.6. The fraction of sp³-hybridized carbons (Fsp3) is 0.846. The number of unbranched alkanes of at least 4 members (excludes halogenated alkanes) is 1. The second-order valence-corrected chi connectivity index (χ2v) is 32.8. The Kier molecular flexibility index (Phi) is 16.9. The van der Waals surface area contributed by atoms with Crippen LogP contribution in [0, 0.1) is 5.41 Å². The molecule has 0 radical (unpaired) electrons. The van der Waals surface area contributed by atoms with Crippen LogP contribution in [0.1, 0.15) is 121 Å². The summed E-state index contributed by atoms with van der Waals surface area (Å²) in [6.07, 6.45) is 1.43. The third-order valence-corrected chi connectivity index (χ3v) is 25.6. The van der Waals surface area contributed by atoms with E-state index in [0.29, 0.717) is 6.42 Å². The molecule has 0 heterocycles. The molecule has 0 unspecified atom stereocenters. The van der Waals surface area contributed by atoms with Crippen molar-refractivity contribution in [1.29, 1.82) is 0 Å². The molecule has 0 aromatic rings. The van der Waals surface area contributed by atoms with E-state index in [9.17, 15) is 26.3 Å². The molecule has 0 aromatic heterocycles. The molecule has 1 aliphatic rings. The number of allylic oxidation sites excluding steroid dienone is 4. The van der Waals surface area contributed by atoms with E-state index >= 15 is 0 Å². The SMILES string of the molecule is CC[Si](CC)(CC)OC(/C=C\CC(C)(C)CCC/C=C/C=C1C[C@@H](O[Si](C)(C)C(C)(C)C)C[C@H](O[Si](C)(C)C(C)(C)C)C1)(C(F)(F)F)C(F)(F)F. The van der Waals surface area contributed by atoms with E-state index in [-0.39, 0.29) is 52.9 Å². The maximum Gasteiger partial charge on any atom is 0.429 e. The van der Waals surface area contributed by atoms with E-state index in [0.717, 1.165) is 38.2 Å². The van der Waals surface area contributed by atoms with Crippen molar-refractivity contribution in [3.05, 3.63) is 36.0 Å². The summed E-state index contributed by atoms with van der Waals surface area (Å²) in [6, 6.07) is 0.524. The highest BCUT2D eigenvalue weighted by Gasteiger charge is 2.72. The van der Waals surface area contributed by atoms with E-state index in [1.807, 2.05) is 13.8 Å². The molecule has 0 saturated heterocycles. The van der Waals surface area contributed by atoms with Crippen molar-refractivity contribution in [1.82, 2.24) is 0 Å². The number of rotatable bonds is 17. The minimum Gasteiger partial charge on any atom is -0.414 e. The lowest BCUT2D eigenvalue weighted by molar-refractivity contribution is -0.341. The normalized spacial score (nSPS) is 19.8. The van der Waals surface area contributed by atoms with Gasteiger partial charge in [-0.25, -0.2) is 0 Å². The molecule has 0 N–H and O–H groups in total. The number of hydrogen-bond acceptors (Lipinski definition) is 3. The van der Waals surface area contributed by atoms with Crippen LogP contribution < -0.4 is 0 Å². The van der Waals surface area contributed by atoms with E-state index in [1.165, 1.54) is 5.57 Å². The van der Waals surface area contributed by atoms with Gasteiger partial charge in [-0.3, -0.25) is 0 Å². The van der Waals surface area contributed by atoms with Gasteiger partial charge in [-0.05, 0) is 111 Å². The first-order chi connectivity index (χ1) is 22.8. The van der Waals surface area contributed by atoms with Crippen molar-refractivity contribution in [3.8, 4) is 0 Å². The topological polar surface area (TPSA) is 27.7 Å². The molecule has 0 bridgehead atoms. The first-order valence-electron chi connectivity index (χ1n) is 19.0.